The zero-order valence-corrected chi connectivity index (χ0v) is 18.3. The fraction of sp³-hybridized carbons (Fsp3) is 0.364. The molecule has 9 heteroatoms. The van der Waals surface area contributed by atoms with E-state index in [-0.39, 0.29) is 11.9 Å². The summed E-state index contributed by atoms with van der Waals surface area (Å²) < 4.78 is 0. The molecule has 3 aromatic rings. The Hall–Kier alpha value is -3.20. The second-order valence-electron chi connectivity index (χ2n) is 7.52. The summed E-state index contributed by atoms with van der Waals surface area (Å²) in [6.45, 7) is 3.67. The Morgan fingerprint density at radius 3 is 2.61 bits per heavy atom. The van der Waals surface area contributed by atoms with E-state index in [1.54, 1.807) is 29.5 Å². The summed E-state index contributed by atoms with van der Waals surface area (Å²) in [5.74, 6) is 0.0663. The van der Waals surface area contributed by atoms with Crippen LogP contribution in [0.15, 0.2) is 48.7 Å². The van der Waals surface area contributed by atoms with E-state index in [1.165, 1.54) is 0 Å². The number of fused-ring (bicyclic) bond motifs is 1. The van der Waals surface area contributed by atoms with Crippen molar-refractivity contribution in [2.24, 2.45) is 0 Å². The van der Waals surface area contributed by atoms with Gasteiger partial charge in [-0.2, -0.15) is 0 Å². The monoisotopic (exact) mass is 438 g/mol. The largest absolute Gasteiger partial charge is 0.344 e. The number of carbonyl (C=O) groups excluding carboxylic acids is 2. The molecule has 0 atom stereocenters. The van der Waals surface area contributed by atoms with Crippen LogP contribution in [-0.2, 0) is 11.3 Å². The summed E-state index contributed by atoms with van der Waals surface area (Å²) in [5, 5.41) is 3.79. The molecule has 2 aromatic heterocycles. The summed E-state index contributed by atoms with van der Waals surface area (Å²) in [4.78, 5) is 40.4. The fourth-order valence-corrected chi connectivity index (χ4v) is 4.50. The van der Waals surface area contributed by atoms with Gasteiger partial charge in [0.1, 0.15) is 10.3 Å². The summed E-state index contributed by atoms with van der Waals surface area (Å²) >= 11 is 1.58. The van der Waals surface area contributed by atoms with Crippen molar-refractivity contribution < 1.29 is 9.59 Å². The molecule has 0 spiro atoms. The van der Waals surface area contributed by atoms with Crippen molar-refractivity contribution in [1.29, 1.82) is 0 Å². The molecule has 3 amide bonds. The minimum atomic E-state index is -0.175. The zero-order chi connectivity index (χ0) is 21.6. The van der Waals surface area contributed by atoms with E-state index in [0.29, 0.717) is 32.6 Å². The molecule has 0 saturated carbocycles. The minimum absolute atomic E-state index is 0.0663. The SMILES string of the molecule is CN(Cc1ccccc1)C(=O)NCCC(=O)N1CCN(c2nc3cccnc3s2)CC1. The Bertz CT molecular complexity index is 1000. The molecular weight excluding hydrogens is 412 g/mol. The topological polar surface area (TPSA) is 81.7 Å². The molecule has 3 heterocycles. The average molecular weight is 439 g/mol. The number of carbonyl (C=O) groups is 2. The third-order valence-electron chi connectivity index (χ3n) is 5.28. The van der Waals surface area contributed by atoms with E-state index in [1.807, 2.05) is 47.4 Å². The number of hydrogen-bond acceptors (Lipinski definition) is 6. The van der Waals surface area contributed by atoms with E-state index in [0.717, 1.165) is 34.1 Å². The molecule has 1 aliphatic rings. The molecule has 1 aromatic carbocycles. The van der Waals surface area contributed by atoms with Gasteiger partial charge in [-0.1, -0.05) is 41.7 Å². The van der Waals surface area contributed by atoms with Crippen molar-refractivity contribution in [3.05, 3.63) is 54.2 Å². The van der Waals surface area contributed by atoms with Gasteiger partial charge in [-0.05, 0) is 17.7 Å². The Kier molecular flexibility index (Phi) is 6.61. The van der Waals surface area contributed by atoms with Crippen molar-refractivity contribution in [1.82, 2.24) is 25.1 Å². The van der Waals surface area contributed by atoms with E-state index in [2.05, 4.69) is 20.2 Å². The molecule has 0 radical (unpaired) electrons. The standard InChI is InChI=1S/C22H26N6O2S/c1-26(16-17-6-3-2-4-7-17)21(30)24-11-9-19(29)27-12-14-28(15-13-27)22-25-18-8-5-10-23-20(18)31-22/h2-8,10H,9,11-16H2,1H3,(H,24,30). The van der Waals surface area contributed by atoms with Crippen LogP contribution in [0.3, 0.4) is 0 Å². The highest BCUT2D eigenvalue weighted by Crippen LogP contribution is 2.27. The number of benzene rings is 1. The lowest BCUT2D eigenvalue weighted by molar-refractivity contribution is -0.131. The number of aromatic nitrogens is 2. The summed E-state index contributed by atoms with van der Waals surface area (Å²) in [5.41, 5.74) is 1.98. The maximum absolute atomic E-state index is 12.5. The molecule has 1 saturated heterocycles. The van der Waals surface area contributed by atoms with Crippen molar-refractivity contribution in [2.75, 3.05) is 44.7 Å². The first kappa shape index (κ1) is 21.0. The van der Waals surface area contributed by atoms with Gasteiger partial charge in [-0.25, -0.2) is 14.8 Å². The second kappa shape index (κ2) is 9.74. The third kappa shape index (κ3) is 5.29. The smallest absolute Gasteiger partial charge is 0.317 e. The third-order valence-corrected chi connectivity index (χ3v) is 6.32. The van der Waals surface area contributed by atoms with Crippen molar-refractivity contribution in [3.63, 3.8) is 0 Å². The number of piperazine rings is 1. The molecule has 8 nitrogen and oxygen atoms in total. The molecule has 1 fully saturated rings. The molecule has 4 rings (SSSR count). The molecule has 31 heavy (non-hydrogen) atoms. The summed E-state index contributed by atoms with van der Waals surface area (Å²) in [6.07, 6.45) is 2.08. The van der Waals surface area contributed by atoms with E-state index in [4.69, 9.17) is 0 Å². The predicted molar refractivity (Wildman–Crippen MR) is 122 cm³/mol. The number of nitrogens with one attached hydrogen (secondary N) is 1. The number of urea groups is 1. The number of nitrogens with zero attached hydrogens (tertiary/aromatic N) is 5. The van der Waals surface area contributed by atoms with Gasteiger partial charge in [-0.15, -0.1) is 0 Å². The van der Waals surface area contributed by atoms with Crippen molar-refractivity contribution in [3.8, 4) is 0 Å². The summed E-state index contributed by atoms with van der Waals surface area (Å²) in [6, 6.07) is 13.5. The number of rotatable bonds is 6. The van der Waals surface area contributed by atoms with Gasteiger partial charge in [0, 0.05) is 58.9 Å². The van der Waals surface area contributed by atoms with Crippen molar-refractivity contribution >= 4 is 38.8 Å². The van der Waals surface area contributed by atoms with Gasteiger partial charge in [0.15, 0.2) is 5.13 Å². The molecule has 162 valence electrons. The molecule has 0 aliphatic carbocycles. The van der Waals surface area contributed by atoms with Crippen LogP contribution >= 0.6 is 11.3 Å². The Morgan fingerprint density at radius 2 is 1.87 bits per heavy atom. The lowest BCUT2D eigenvalue weighted by Gasteiger charge is -2.34. The zero-order valence-electron chi connectivity index (χ0n) is 17.5. The number of anilines is 1. The van der Waals surface area contributed by atoms with Gasteiger partial charge in [-0.3, -0.25) is 4.79 Å². The maximum Gasteiger partial charge on any atom is 0.317 e. The molecular formula is C22H26N6O2S. The molecule has 1 N–H and O–H groups in total. The van der Waals surface area contributed by atoms with Crippen LogP contribution in [0.5, 0.6) is 0 Å². The van der Waals surface area contributed by atoms with Gasteiger partial charge in [0.05, 0.1) is 0 Å². The normalized spacial score (nSPS) is 14.0. The van der Waals surface area contributed by atoms with Crippen molar-refractivity contribution in [2.45, 2.75) is 13.0 Å². The van der Waals surface area contributed by atoms with Gasteiger partial charge >= 0.3 is 6.03 Å². The number of thiazole rings is 1. The highest BCUT2D eigenvalue weighted by molar-refractivity contribution is 7.21. The summed E-state index contributed by atoms with van der Waals surface area (Å²) in [7, 11) is 1.75. The Labute approximate surface area is 185 Å². The van der Waals surface area contributed by atoms with Crippen LogP contribution < -0.4 is 10.2 Å². The van der Waals surface area contributed by atoms with Crippen LogP contribution in [0.2, 0.25) is 0 Å². The van der Waals surface area contributed by atoms with Gasteiger partial charge in [0.25, 0.3) is 0 Å². The first-order valence-electron chi connectivity index (χ1n) is 10.4. The maximum atomic E-state index is 12.5. The van der Waals surface area contributed by atoms with Crippen LogP contribution in [0.4, 0.5) is 9.93 Å². The molecule has 0 bridgehead atoms. The molecule has 0 unspecified atom stereocenters. The predicted octanol–water partition coefficient (Wildman–Crippen LogP) is 2.57. The van der Waals surface area contributed by atoms with Gasteiger partial charge < -0.3 is 20.0 Å². The van der Waals surface area contributed by atoms with Gasteiger partial charge in [0.2, 0.25) is 5.91 Å². The fourth-order valence-electron chi connectivity index (χ4n) is 3.54. The van der Waals surface area contributed by atoms with E-state index in [9.17, 15) is 9.59 Å². The van der Waals surface area contributed by atoms with Crippen LogP contribution in [0.1, 0.15) is 12.0 Å². The minimum Gasteiger partial charge on any atom is -0.344 e. The van der Waals surface area contributed by atoms with Crippen LogP contribution in [-0.4, -0.2) is 71.5 Å². The average Bonchev–Trinajstić information content (AvgIpc) is 3.24. The van der Waals surface area contributed by atoms with E-state index < -0.39 is 0 Å². The number of hydrogen-bond donors (Lipinski definition) is 1. The highest BCUT2D eigenvalue weighted by atomic mass is 32.1. The van der Waals surface area contributed by atoms with Crippen LogP contribution in [0, 0.1) is 0 Å². The quantitative estimate of drug-likeness (QED) is 0.640. The Balaban J connectivity index is 1.19. The molecule has 1 aliphatic heterocycles. The first-order chi connectivity index (χ1) is 15.1. The lowest BCUT2D eigenvalue weighted by Crippen LogP contribution is -2.49. The number of amides is 3. The second-order valence-corrected chi connectivity index (χ2v) is 8.47. The highest BCUT2D eigenvalue weighted by Gasteiger charge is 2.23. The Morgan fingerprint density at radius 1 is 1.10 bits per heavy atom. The lowest BCUT2D eigenvalue weighted by atomic mass is 10.2. The van der Waals surface area contributed by atoms with Crippen LogP contribution in [0.25, 0.3) is 10.3 Å². The van der Waals surface area contributed by atoms with E-state index >= 15 is 0 Å². The number of pyridine rings is 1. The first-order valence-corrected chi connectivity index (χ1v) is 11.2.